The molecule has 112 valence electrons. The van der Waals surface area contributed by atoms with E-state index in [1.807, 2.05) is 18.3 Å². The van der Waals surface area contributed by atoms with Crippen LogP contribution in [0.15, 0.2) is 42.6 Å². The smallest absolute Gasteiger partial charge is 0.0601 e. The van der Waals surface area contributed by atoms with Crippen molar-refractivity contribution in [3.05, 3.63) is 59.4 Å². The maximum Gasteiger partial charge on any atom is 0.0601 e. The van der Waals surface area contributed by atoms with Crippen LogP contribution in [0.1, 0.15) is 30.7 Å². The van der Waals surface area contributed by atoms with Crippen molar-refractivity contribution in [3.63, 3.8) is 0 Å². The molecule has 0 radical (unpaired) electrons. The van der Waals surface area contributed by atoms with Crippen molar-refractivity contribution in [1.29, 1.82) is 0 Å². The molecule has 0 aliphatic carbocycles. The van der Waals surface area contributed by atoms with E-state index in [9.17, 15) is 0 Å². The van der Waals surface area contributed by atoms with E-state index in [0.717, 1.165) is 31.9 Å². The highest BCUT2D eigenvalue weighted by Gasteiger charge is 2.08. The molecule has 0 bridgehead atoms. The van der Waals surface area contributed by atoms with Gasteiger partial charge in [-0.2, -0.15) is 0 Å². The van der Waals surface area contributed by atoms with Crippen LogP contribution in [0, 0.1) is 6.92 Å². The normalized spacial score (nSPS) is 10.6. The Labute approximate surface area is 128 Å². The minimum absolute atomic E-state index is 0.851. The molecule has 0 aliphatic rings. The number of rotatable bonds is 7. The summed E-state index contributed by atoms with van der Waals surface area (Å²) in [4.78, 5) is 6.77. The predicted molar refractivity (Wildman–Crippen MR) is 89.5 cm³/mol. The third kappa shape index (κ3) is 4.30. The van der Waals surface area contributed by atoms with Gasteiger partial charge in [-0.05, 0) is 55.8 Å². The summed E-state index contributed by atoms with van der Waals surface area (Å²) in [6.45, 7) is 10.3. The summed E-state index contributed by atoms with van der Waals surface area (Å²) in [5, 5.41) is 3.38. The molecule has 0 saturated carbocycles. The van der Waals surface area contributed by atoms with Crippen LogP contribution < -0.4 is 10.2 Å². The number of nitrogens with one attached hydrogen (secondary N) is 1. The Morgan fingerprint density at radius 3 is 2.62 bits per heavy atom. The Hall–Kier alpha value is -1.87. The van der Waals surface area contributed by atoms with Gasteiger partial charge in [-0.1, -0.05) is 19.1 Å². The first-order valence-corrected chi connectivity index (χ1v) is 7.69. The number of aryl methyl sites for hydroxylation is 1. The minimum atomic E-state index is 0.851. The van der Waals surface area contributed by atoms with Crippen LogP contribution in [-0.2, 0) is 13.1 Å². The van der Waals surface area contributed by atoms with Gasteiger partial charge in [-0.3, -0.25) is 4.98 Å². The molecule has 0 fully saturated rings. The molecule has 0 unspecified atom stereocenters. The largest absolute Gasteiger partial charge is 0.366 e. The number of benzene rings is 1. The summed E-state index contributed by atoms with van der Waals surface area (Å²) in [5.41, 5.74) is 5.08. The molecule has 0 amide bonds. The zero-order valence-electron chi connectivity index (χ0n) is 13.3. The van der Waals surface area contributed by atoms with Crippen LogP contribution in [0.3, 0.4) is 0 Å². The SMILES string of the molecule is CCNCc1ccc(N(CC)Cc2ccccn2)cc1C. The minimum Gasteiger partial charge on any atom is -0.366 e. The summed E-state index contributed by atoms with van der Waals surface area (Å²) >= 11 is 0. The van der Waals surface area contributed by atoms with E-state index in [1.54, 1.807) is 0 Å². The standard InChI is InChI=1S/C18H25N3/c1-4-19-13-16-9-10-18(12-15(16)3)21(5-2)14-17-8-6-7-11-20-17/h6-12,19H,4-5,13-14H2,1-3H3. The zero-order chi connectivity index (χ0) is 15.1. The van der Waals surface area contributed by atoms with Gasteiger partial charge >= 0.3 is 0 Å². The van der Waals surface area contributed by atoms with Gasteiger partial charge in [0.25, 0.3) is 0 Å². The molecule has 0 atom stereocenters. The number of hydrogen-bond acceptors (Lipinski definition) is 3. The van der Waals surface area contributed by atoms with E-state index in [0.29, 0.717) is 0 Å². The second-order valence-corrected chi connectivity index (χ2v) is 5.23. The molecule has 2 rings (SSSR count). The molecule has 1 N–H and O–H groups in total. The molecule has 1 aromatic carbocycles. The van der Waals surface area contributed by atoms with Crippen LogP contribution in [-0.4, -0.2) is 18.1 Å². The van der Waals surface area contributed by atoms with E-state index in [4.69, 9.17) is 0 Å². The highest BCUT2D eigenvalue weighted by molar-refractivity contribution is 5.51. The topological polar surface area (TPSA) is 28.2 Å². The lowest BCUT2D eigenvalue weighted by Gasteiger charge is -2.24. The van der Waals surface area contributed by atoms with E-state index in [2.05, 4.69) is 60.2 Å². The van der Waals surface area contributed by atoms with Crippen LogP contribution >= 0.6 is 0 Å². The van der Waals surface area contributed by atoms with Gasteiger partial charge < -0.3 is 10.2 Å². The average Bonchev–Trinajstić information content (AvgIpc) is 2.52. The predicted octanol–water partition coefficient (Wildman–Crippen LogP) is 3.53. The Bertz CT molecular complexity index is 552. The Balaban J connectivity index is 2.13. The number of aromatic nitrogens is 1. The summed E-state index contributed by atoms with van der Waals surface area (Å²) in [7, 11) is 0. The van der Waals surface area contributed by atoms with Crippen LogP contribution in [0.5, 0.6) is 0 Å². The van der Waals surface area contributed by atoms with Gasteiger partial charge in [-0.25, -0.2) is 0 Å². The monoisotopic (exact) mass is 283 g/mol. The van der Waals surface area contributed by atoms with Crippen molar-refractivity contribution in [2.45, 2.75) is 33.9 Å². The molecular weight excluding hydrogens is 258 g/mol. The molecule has 21 heavy (non-hydrogen) atoms. The highest BCUT2D eigenvalue weighted by Crippen LogP contribution is 2.20. The number of pyridine rings is 1. The average molecular weight is 283 g/mol. The van der Waals surface area contributed by atoms with Gasteiger partial charge in [0.15, 0.2) is 0 Å². The lowest BCUT2D eigenvalue weighted by atomic mass is 10.1. The van der Waals surface area contributed by atoms with Crippen molar-refractivity contribution < 1.29 is 0 Å². The van der Waals surface area contributed by atoms with Crippen molar-refractivity contribution in [3.8, 4) is 0 Å². The molecule has 0 aliphatic heterocycles. The van der Waals surface area contributed by atoms with Crippen LogP contribution in [0.25, 0.3) is 0 Å². The summed E-state index contributed by atoms with van der Waals surface area (Å²) in [6, 6.07) is 12.8. The first-order chi connectivity index (χ1) is 10.2. The van der Waals surface area contributed by atoms with Crippen molar-refractivity contribution in [1.82, 2.24) is 10.3 Å². The van der Waals surface area contributed by atoms with Gasteiger partial charge in [0.1, 0.15) is 0 Å². The second kappa shape index (κ2) is 7.79. The Kier molecular flexibility index (Phi) is 5.76. The summed E-state index contributed by atoms with van der Waals surface area (Å²) in [6.07, 6.45) is 1.86. The lowest BCUT2D eigenvalue weighted by Crippen LogP contribution is -2.23. The molecule has 1 aromatic heterocycles. The van der Waals surface area contributed by atoms with E-state index >= 15 is 0 Å². The molecule has 3 nitrogen and oxygen atoms in total. The highest BCUT2D eigenvalue weighted by atomic mass is 15.1. The fraction of sp³-hybridized carbons (Fsp3) is 0.389. The molecule has 0 saturated heterocycles. The van der Waals surface area contributed by atoms with Gasteiger partial charge in [0, 0.05) is 25.0 Å². The third-order valence-corrected chi connectivity index (χ3v) is 3.72. The van der Waals surface area contributed by atoms with Crippen molar-refractivity contribution >= 4 is 5.69 Å². The Morgan fingerprint density at radius 1 is 1.14 bits per heavy atom. The molecule has 2 aromatic rings. The van der Waals surface area contributed by atoms with Crippen molar-refractivity contribution in [2.75, 3.05) is 18.0 Å². The van der Waals surface area contributed by atoms with Crippen LogP contribution in [0.4, 0.5) is 5.69 Å². The molecular formula is C18H25N3. The fourth-order valence-corrected chi connectivity index (χ4v) is 2.41. The summed E-state index contributed by atoms with van der Waals surface area (Å²) < 4.78 is 0. The van der Waals surface area contributed by atoms with Gasteiger partial charge in [0.05, 0.1) is 12.2 Å². The van der Waals surface area contributed by atoms with E-state index < -0.39 is 0 Å². The maximum absolute atomic E-state index is 4.42. The molecule has 3 heteroatoms. The van der Waals surface area contributed by atoms with Crippen molar-refractivity contribution in [2.24, 2.45) is 0 Å². The van der Waals surface area contributed by atoms with Gasteiger partial charge in [0.2, 0.25) is 0 Å². The quantitative estimate of drug-likeness (QED) is 0.842. The number of nitrogens with zero attached hydrogens (tertiary/aromatic N) is 2. The number of hydrogen-bond donors (Lipinski definition) is 1. The summed E-state index contributed by atoms with van der Waals surface area (Å²) in [5.74, 6) is 0. The molecule has 1 heterocycles. The first-order valence-electron chi connectivity index (χ1n) is 7.69. The second-order valence-electron chi connectivity index (χ2n) is 5.23. The Morgan fingerprint density at radius 2 is 2.00 bits per heavy atom. The molecule has 0 spiro atoms. The maximum atomic E-state index is 4.42. The lowest BCUT2D eigenvalue weighted by molar-refractivity contribution is 0.723. The fourth-order valence-electron chi connectivity index (χ4n) is 2.41. The van der Waals surface area contributed by atoms with E-state index in [-0.39, 0.29) is 0 Å². The van der Waals surface area contributed by atoms with Gasteiger partial charge in [-0.15, -0.1) is 0 Å². The van der Waals surface area contributed by atoms with E-state index in [1.165, 1.54) is 16.8 Å². The van der Waals surface area contributed by atoms with Crippen LogP contribution in [0.2, 0.25) is 0 Å². The first kappa shape index (κ1) is 15.5. The zero-order valence-corrected chi connectivity index (χ0v) is 13.3. The third-order valence-electron chi connectivity index (χ3n) is 3.72. The number of anilines is 1.